The molecule has 1 N–H and O–H groups in total. The van der Waals surface area contributed by atoms with E-state index in [2.05, 4.69) is 5.32 Å². The van der Waals surface area contributed by atoms with Crippen LogP contribution in [0, 0.1) is 12.8 Å². The lowest BCUT2D eigenvalue weighted by Crippen LogP contribution is -2.47. The van der Waals surface area contributed by atoms with E-state index < -0.39 is 10.0 Å². The molecule has 1 saturated heterocycles. The van der Waals surface area contributed by atoms with Gasteiger partial charge in [-0.05, 0) is 44.2 Å². The van der Waals surface area contributed by atoms with Gasteiger partial charge in [-0.15, -0.1) is 0 Å². The first-order chi connectivity index (χ1) is 14.3. The summed E-state index contributed by atoms with van der Waals surface area (Å²) in [5, 5.41) is 2.69. The predicted octanol–water partition coefficient (Wildman–Crippen LogP) is 2.38. The molecule has 0 aliphatic carbocycles. The van der Waals surface area contributed by atoms with E-state index in [0.717, 1.165) is 12.8 Å². The molecule has 0 bridgehead atoms. The minimum Gasteiger partial charge on any atom is -0.482 e. The molecule has 2 aliphatic heterocycles. The number of aryl methyl sites for hydroxylation is 1. The number of fused-ring (bicyclic) bond motifs is 1. The van der Waals surface area contributed by atoms with Gasteiger partial charge < -0.3 is 15.0 Å². The molecule has 0 saturated carbocycles. The first-order valence-corrected chi connectivity index (χ1v) is 12.1. The van der Waals surface area contributed by atoms with Crippen molar-refractivity contribution in [2.75, 3.05) is 38.1 Å². The van der Waals surface area contributed by atoms with Gasteiger partial charge in [0.2, 0.25) is 15.9 Å². The fourth-order valence-electron chi connectivity index (χ4n) is 4.13. The highest BCUT2D eigenvalue weighted by Gasteiger charge is 2.36. The molecule has 0 aromatic heterocycles. The summed E-state index contributed by atoms with van der Waals surface area (Å²) >= 11 is 0. The van der Waals surface area contributed by atoms with E-state index in [4.69, 9.17) is 4.74 Å². The normalized spacial score (nSPS) is 19.6. The molecular formula is C21H31N3O5S. The van der Waals surface area contributed by atoms with E-state index >= 15 is 0 Å². The van der Waals surface area contributed by atoms with Gasteiger partial charge in [0.25, 0.3) is 5.91 Å². The Hall–Kier alpha value is -2.13. The second-order valence-electron chi connectivity index (χ2n) is 7.98. The summed E-state index contributed by atoms with van der Waals surface area (Å²) in [6.07, 6.45) is 3.11. The molecular weight excluding hydrogens is 406 g/mol. The van der Waals surface area contributed by atoms with Crippen molar-refractivity contribution in [3.8, 4) is 5.75 Å². The summed E-state index contributed by atoms with van der Waals surface area (Å²) in [4.78, 5) is 26.6. The zero-order valence-electron chi connectivity index (χ0n) is 17.9. The second-order valence-corrected chi connectivity index (χ2v) is 9.88. The first kappa shape index (κ1) is 22.6. The molecule has 2 heterocycles. The number of carbonyl (C=O) groups excluding carboxylic acids is 2. The molecule has 1 aromatic carbocycles. The SMILES string of the molecule is CCCN(CCC)C(=O)[C@@H]1CCCN(S(=O)(=O)c2cc3c(cc2C)NC(=O)CO3)C1. The average molecular weight is 438 g/mol. The van der Waals surface area contributed by atoms with Gasteiger partial charge in [-0.1, -0.05) is 13.8 Å². The van der Waals surface area contributed by atoms with E-state index in [1.54, 1.807) is 13.0 Å². The number of rotatable bonds is 7. The Kier molecular flexibility index (Phi) is 7.02. The molecule has 2 amide bonds. The van der Waals surface area contributed by atoms with Crippen molar-refractivity contribution in [2.24, 2.45) is 5.92 Å². The number of amides is 2. The number of hydrogen-bond acceptors (Lipinski definition) is 5. The first-order valence-electron chi connectivity index (χ1n) is 10.6. The highest BCUT2D eigenvalue weighted by atomic mass is 32.2. The number of anilines is 1. The van der Waals surface area contributed by atoms with Crippen LogP contribution in [0.2, 0.25) is 0 Å². The van der Waals surface area contributed by atoms with Gasteiger partial charge in [-0.3, -0.25) is 9.59 Å². The van der Waals surface area contributed by atoms with Gasteiger partial charge in [-0.2, -0.15) is 4.31 Å². The van der Waals surface area contributed by atoms with Gasteiger partial charge in [-0.25, -0.2) is 8.42 Å². The van der Waals surface area contributed by atoms with Gasteiger partial charge in [0.15, 0.2) is 6.61 Å². The molecule has 3 rings (SSSR count). The quantitative estimate of drug-likeness (QED) is 0.707. The highest BCUT2D eigenvalue weighted by Crippen LogP contribution is 2.35. The third-order valence-electron chi connectivity index (χ3n) is 5.56. The molecule has 0 spiro atoms. The maximum atomic E-state index is 13.4. The minimum atomic E-state index is -3.79. The molecule has 9 heteroatoms. The number of benzene rings is 1. The summed E-state index contributed by atoms with van der Waals surface area (Å²) in [5.74, 6) is -0.189. The molecule has 1 fully saturated rings. The van der Waals surface area contributed by atoms with Crippen LogP contribution in [-0.2, 0) is 19.6 Å². The zero-order chi connectivity index (χ0) is 21.9. The summed E-state index contributed by atoms with van der Waals surface area (Å²) in [6, 6.07) is 3.10. The zero-order valence-corrected chi connectivity index (χ0v) is 18.8. The van der Waals surface area contributed by atoms with Crippen LogP contribution in [-0.4, -0.2) is 62.2 Å². The van der Waals surface area contributed by atoms with Crippen LogP contribution in [0.1, 0.15) is 45.1 Å². The number of carbonyl (C=O) groups is 2. The summed E-state index contributed by atoms with van der Waals surface area (Å²) in [5.41, 5.74) is 1.01. The van der Waals surface area contributed by atoms with Crippen molar-refractivity contribution in [1.29, 1.82) is 0 Å². The van der Waals surface area contributed by atoms with Crippen LogP contribution in [0.25, 0.3) is 0 Å². The monoisotopic (exact) mass is 437 g/mol. The molecule has 8 nitrogen and oxygen atoms in total. The molecule has 1 aromatic rings. The minimum absolute atomic E-state index is 0.0480. The Morgan fingerprint density at radius 3 is 2.63 bits per heavy atom. The number of nitrogens with zero attached hydrogens (tertiary/aromatic N) is 2. The van der Waals surface area contributed by atoms with E-state index in [0.29, 0.717) is 49.5 Å². The average Bonchev–Trinajstić information content (AvgIpc) is 2.72. The van der Waals surface area contributed by atoms with Crippen molar-refractivity contribution in [2.45, 2.75) is 51.3 Å². The molecule has 30 heavy (non-hydrogen) atoms. The van der Waals surface area contributed by atoms with Crippen LogP contribution >= 0.6 is 0 Å². The van der Waals surface area contributed by atoms with Crippen LogP contribution in [0.5, 0.6) is 5.75 Å². The lowest BCUT2D eigenvalue weighted by Gasteiger charge is -2.34. The van der Waals surface area contributed by atoms with Crippen LogP contribution in [0.15, 0.2) is 17.0 Å². The summed E-state index contributed by atoms with van der Waals surface area (Å²) < 4.78 is 33.6. The van der Waals surface area contributed by atoms with E-state index in [-0.39, 0.29) is 35.8 Å². The van der Waals surface area contributed by atoms with Crippen molar-refractivity contribution in [3.05, 3.63) is 17.7 Å². The van der Waals surface area contributed by atoms with E-state index in [1.165, 1.54) is 10.4 Å². The Bertz CT molecular complexity index is 909. The number of hydrogen-bond donors (Lipinski definition) is 1. The third-order valence-corrected chi connectivity index (χ3v) is 7.57. The Labute approximate surface area is 178 Å². The fraction of sp³-hybridized carbons (Fsp3) is 0.619. The summed E-state index contributed by atoms with van der Waals surface area (Å²) in [7, 11) is -3.79. The molecule has 0 unspecified atom stereocenters. The number of sulfonamides is 1. The van der Waals surface area contributed by atoms with Gasteiger partial charge in [0, 0.05) is 32.2 Å². The topological polar surface area (TPSA) is 96.0 Å². The van der Waals surface area contributed by atoms with Gasteiger partial charge >= 0.3 is 0 Å². The fourth-order valence-corrected chi connectivity index (χ4v) is 5.87. The Morgan fingerprint density at radius 2 is 1.97 bits per heavy atom. The second kappa shape index (κ2) is 9.34. The summed E-state index contributed by atoms with van der Waals surface area (Å²) in [6.45, 7) is 7.62. The van der Waals surface area contributed by atoms with Crippen molar-refractivity contribution in [3.63, 3.8) is 0 Å². The van der Waals surface area contributed by atoms with Crippen LogP contribution < -0.4 is 10.1 Å². The van der Waals surface area contributed by atoms with Crippen LogP contribution in [0.3, 0.4) is 0 Å². The van der Waals surface area contributed by atoms with Crippen molar-refractivity contribution < 1.29 is 22.7 Å². The molecule has 1 atom stereocenters. The maximum Gasteiger partial charge on any atom is 0.262 e. The third kappa shape index (κ3) is 4.62. The van der Waals surface area contributed by atoms with E-state index in [1.807, 2.05) is 18.7 Å². The van der Waals surface area contributed by atoms with E-state index in [9.17, 15) is 18.0 Å². The standard InChI is InChI=1S/C21H31N3O5S/c1-4-8-23(9-5-2)21(26)16-7-6-10-24(13-16)30(27,28)19-12-18-17(11-15(19)3)22-20(25)14-29-18/h11-12,16H,4-10,13-14H2,1-3H3,(H,22,25)/t16-/m1/s1. The van der Waals surface area contributed by atoms with Gasteiger partial charge in [0.05, 0.1) is 16.5 Å². The molecule has 2 aliphatic rings. The Balaban J connectivity index is 1.83. The number of ether oxygens (including phenoxy) is 1. The largest absolute Gasteiger partial charge is 0.482 e. The highest BCUT2D eigenvalue weighted by molar-refractivity contribution is 7.89. The number of nitrogens with one attached hydrogen (secondary N) is 1. The lowest BCUT2D eigenvalue weighted by atomic mass is 9.98. The van der Waals surface area contributed by atoms with Gasteiger partial charge in [0.1, 0.15) is 5.75 Å². The van der Waals surface area contributed by atoms with Crippen molar-refractivity contribution in [1.82, 2.24) is 9.21 Å². The van der Waals surface area contributed by atoms with Crippen molar-refractivity contribution >= 4 is 27.5 Å². The molecule has 166 valence electrons. The smallest absolute Gasteiger partial charge is 0.262 e. The molecule has 0 radical (unpaired) electrons. The lowest BCUT2D eigenvalue weighted by molar-refractivity contribution is -0.136. The Morgan fingerprint density at radius 1 is 1.27 bits per heavy atom. The predicted molar refractivity (Wildman–Crippen MR) is 114 cm³/mol. The maximum absolute atomic E-state index is 13.4. The number of piperidine rings is 1. The van der Waals surface area contributed by atoms with Crippen LogP contribution in [0.4, 0.5) is 5.69 Å².